The topological polar surface area (TPSA) is 80.7 Å². The second-order valence-electron chi connectivity index (χ2n) is 4.07. The number of sulfone groups is 1. The molecular formula is C12H16O5S. The molecule has 0 heterocycles. The van der Waals surface area contributed by atoms with Crippen LogP contribution in [0.4, 0.5) is 0 Å². The monoisotopic (exact) mass is 272 g/mol. The molecule has 0 aliphatic carbocycles. The molecule has 0 aromatic heterocycles. The lowest BCUT2D eigenvalue weighted by atomic mass is 10.2. The SMILES string of the molecule is CC(C)S(=O)(=O)CCOc1ccccc1C(=O)O. The van der Waals surface area contributed by atoms with Crippen LogP contribution >= 0.6 is 0 Å². The molecule has 1 aromatic carbocycles. The quantitative estimate of drug-likeness (QED) is 0.850. The molecule has 1 N–H and O–H groups in total. The van der Waals surface area contributed by atoms with Crippen LogP contribution in [0.2, 0.25) is 0 Å². The van der Waals surface area contributed by atoms with E-state index in [1.165, 1.54) is 12.1 Å². The molecule has 18 heavy (non-hydrogen) atoms. The standard InChI is InChI=1S/C12H16O5S/c1-9(2)18(15,16)8-7-17-11-6-4-3-5-10(11)12(13)14/h3-6,9H,7-8H2,1-2H3,(H,13,14). The van der Waals surface area contributed by atoms with Gasteiger partial charge in [0, 0.05) is 0 Å². The second kappa shape index (κ2) is 5.86. The van der Waals surface area contributed by atoms with Crippen LogP contribution in [-0.2, 0) is 9.84 Å². The summed E-state index contributed by atoms with van der Waals surface area (Å²) in [7, 11) is -3.17. The fourth-order valence-corrected chi connectivity index (χ4v) is 2.06. The second-order valence-corrected chi connectivity index (χ2v) is 6.74. The van der Waals surface area contributed by atoms with E-state index in [0.29, 0.717) is 0 Å². The number of para-hydroxylation sites is 1. The van der Waals surface area contributed by atoms with Crippen LogP contribution in [0.5, 0.6) is 5.75 Å². The largest absolute Gasteiger partial charge is 0.492 e. The van der Waals surface area contributed by atoms with E-state index in [4.69, 9.17) is 9.84 Å². The van der Waals surface area contributed by atoms with Crippen molar-refractivity contribution in [3.63, 3.8) is 0 Å². The van der Waals surface area contributed by atoms with E-state index >= 15 is 0 Å². The van der Waals surface area contributed by atoms with Gasteiger partial charge in [-0.2, -0.15) is 0 Å². The Balaban J connectivity index is 2.68. The van der Waals surface area contributed by atoms with E-state index in [1.54, 1.807) is 26.0 Å². The third kappa shape index (κ3) is 3.73. The van der Waals surface area contributed by atoms with Gasteiger partial charge < -0.3 is 9.84 Å². The summed E-state index contributed by atoms with van der Waals surface area (Å²) in [4.78, 5) is 10.9. The lowest BCUT2D eigenvalue weighted by molar-refractivity contribution is 0.0692. The highest BCUT2D eigenvalue weighted by atomic mass is 32.2. The Hall–Kier alpha value is -1.56. The van der Waals surface area contributed by atoms with Gasteiger partial charge in [0.2, 0.25) is 0 Å². The van der Waals surface area contributed by atoms with E-state index in [9.17, 15) is 13.2 Å². The van der Waals surface area contributed by atoms with Gasteiger partial charge in [-0.1, -0.05) is 12.1 Å². The van der Waals surface area contributed by atoms with Gasteiger partial charge in [0.05, 0.1) is 11.0 Å². The highest BCUT2D eigenvalue weighted by Crippen LogP contribution is 2.17. The minimum atomic E-state index is -3.17. The van der Waals surface area contributed by atoms with Crippen molar-refractivity contribution in [1.82, 2.24) is 0 Å². The Morgan fingerprint density at radius 2 is 1.94 bits per heavy atom. The van der Waals surface area contributed by atoms with Gasteiger partial charge in [0.1, 0.15) is 17.9 Å². The van der Waals surface area contributed by atoms with Crippen LogP contribution in [0.25, 0.3) is 0 Å². The van der Waals surface area contributed by atoms with Gasteiger partial charge in [0.15, 0.2) is 9.84 Å². The molecule has 0 atom stereocenters. The maximum Gasteiger partial charge on any atom is 0.339 e. The van der Waals surface area contributed by atoms with Crippen LogP contribution in [0.15, 0.2) is 24.3 Å². The molecule has 0 saturated carbocycles. The Bertz CT molecular complexity index is 519. The van der Waals surface area contributed by atoms with Crippen molar-refractivity contribution in [2.24, 2.45) is 0 Å². The maximum atomic E-state index is 11.5. The third-order valence-corrected chi connectivity index (χ3v) is 4.63. The zero-order chi connectivity index (χ0) is 13.8. The first-order valence-corrected chi connectivity index (χ1v) is 7.23. The predicted octanol–water partition coefficient (Wildman–Crippen LogP) is 1.59. The number of rotatable bonds is 6. The lowest BCUT2D eigenvalue weighted by Crippen LogP contribution is -2.22. The Kier molecular flexibility index (Phi) is 4.72. The number of hydrogen-bond donors (Lipinski definition) is 1. The van der Waals surface area contributed by atoms with E-state index < -0.39 is 21.1 Å². The molecule has 5 nitrogen and oxygen atoms in total. The number of carboxylic acid groups (broad SMARTS) is 1. The number of benzene rings is 1. The number of hydrogen-bond acceptors (Lipinski definition) is 4. The minimum Gasteiger partial charge on any atom is -0.492 e. The van der Waals surface area contributed by atoms with Crippen molar-refractivity contribution in [3.8, 4) is 5.75 Å². The molecule has 1 aromatic rings. The van der Waals surface area contributed by atoms with Gasteiger partial charge in [0.25, 0.3) is 0 Å². The number of carbonyl (C=O) groups is 1. The van der Waals surface area contributed by atoms with Crippen LogP contribution in [0.3, 0.4) is 0 Å². The molecule has 0 radical (unpaired) electrons. The van der Waals surface area contributed by atoms with Gasteiger partial charge in [-0.25, -0.2) is 13.2 Å². The predicted molar refractivity (Wildman–Crippen MR) is 67.8 cm³/mol. The summed E-state index contributed by atoms with van der Waals surface area (Å²) in [5, 5.41) is 8.45. The van der Waals surface area contributed by atoms with Gasteiger partial charge in [-0.05, 0) is 26.0 Å². The Morgan fingerprint density at radius 1 is 1.33 bits per heavy atom. The number of ether oxygens (including phenoxy) is 1. The van der Waals surface area contributed by atoms with Crippen molar-refractivity contribution in [2.75, 3.05) is 12.4 Å². The molecule has 6 heteroatoms. The Labute approximate surface area is 106 Å². The molecule has 0 amide bonds. The average Bonchev–Trinajstić information content (AvgIpc) is 2.29. The fraction of sp³-hybridized carbons (Fsp3) is 0.417. The molecule has 0 aliphatic heterocycles. The van der Waals surface area contributed by atoms with Crippen molar-refractivity contribution >= 4 is 15.8 Å². The molecule has 0 saturated heterocycles. The number of carboxylic acids is 1. The van der Waals surface area contributed by atoms with Crippen LogP contribution < -0.4 is 4.74 Å². The van der Waals surface area contributed by atoms with Crippen LogP contribution in [-0.4, -0.2) is 37.1 Å². The van der Waals surface area contributed by atoms with Crippen LogP contribution in [0.1, 0.15) is 24.2 Å². The molecular weight excluding hydrogens is 256 g/mol. The van der Waals surface area contributed by atoms with Gasteiger partial charge in [-0.3, -0.25) is 0 Å². The van der Waals surface area contributed by atoms with Crippen LogP contribution in [0, 0.1) is 0 Å². The average molecular weight is 272 g/mol. The highest BCUT2D eigenvalue weighted by Gasteiger charge is 2.17. The molecule has 0 bridgehead atoms. The first kappa shape index (κ1) is 14.5. The molecule has 100 valence electrons. The van der Waals surface area contributed by atoms with Crippen molar-refractivity contribution in [1.29, 1.82) is 0 Å². The van der Waals surface area contributed by atoms with E-state index in [-0.39, 0.29) is 23.7 Å². The van der Waals surface area contributed by atoms with E-state index in [1.807, 2.05) is 0 Å². The minimum absolute atomic E-state index is 0.0273. The summed E-state index contributed by atoms with van der Waals surface area (Å²) >= 11 is 0. The van der Waals surface area contributed by atoms with Gasteiger partial charge >= 0.3 is 5.97 Å². The summed E-state index contributed by atoms with van der Waals surface area (Å²) in [5.41, 5.74) is 0.0273. The first-order chi connectivity index (χ1) is 8.34. The molecule has 0 unspecified atom stereocenters. The third-order valence-electron chi connectivity index (χ3n) is 2.46. The van der Waals surface area contributed by atoms with E-state index in [2.05, 4.69) is 0 Å². The maximum absolute atomic E-state index is 11.5. The van der Waals surface area contributed by atoms with Gasteiger partial charge in [-0.15, -0.1) is 0 Å². The van der Waals surface area contributed by atoms with Crippen molar-refractivity contribution < 1.29 is 23.1 Å². The summed E-state index contributed by atoms with van der Waals surface area (Å²) in [6, 6.07) is 6.14. The summed E-state index contributed by atoms with van der Waals surface area (Å²) in [6.07, 6.45) is 0. The summed E-state index contributed by atoms with van der Waals surface area (Å²) in [6.45, 7) is 3.14. The van der Waals surface area contributed by atoms with Crippen molar-refractivity contribution in [3.05, 3.63) is 29.8 Å². The fourth-order valence-electron chi connectivity index (χ4n) is 1.27. The summed E-state index contributed by atoms with van der Waals surface area (Å²) < 4.78 is 28.3. The van der Waals surface area contributed by atoms with Crippen molar-refractivity contribution in [2.45, 2.75) is 19.1 Å². The first-order valence-electron chi connectivity index (χ1n) is 5.51. The van der Waals surface area contributed by atoms with E-state index in [0.717, 1.165) is 0 Å². The molecule has 0 aliphatic rings. The summed E-state index contributed by atoms with van der Waals surface area (Å²) in [5.74, 6) is -1.04. The molecule has 1 rings (SSSR count). The normalized spacial score (nSPS) is 11.5. The zero-order valence-electron chi connectivity index (χ0n) is 10.3. The lowest BCUT2D eigenvalue weighted by Gasteiger charge is -2.10. The number of aromatic carboxylic acids is 1. The Morgan fingerprint density at radius 3 is 2.50 bits per heavy atom. The zero-order valence-corrected chi connectivity index (χ0v) is 11.1. The highest BCUT2D eigenvalue weighted by molar-refractivity contribution is 7.91. The molecule has 0 spiro atoms. The smallest absolute Gasteiger partial charge is 0.339 e. The molecule has 0 fully saturated rings.